The Morgan fingerprint density at radius 2 is 2.23 bits per heavy atom. The van der Waals surface area contributed by atoms with E-state index in [1.54, 1.807) is 35.4 Å². The van der Waals surface area contributed by atoms with E-state index in [2.05, 4.69) is 4.98 Å². The third-order valence-corrected chi connectivity index (χ3v) is 1.81. The van der Waals surface area contributed by atoms with Gasteiger partial charge in [0.05, 0.1) is 17.7 Å². The van der Waals surface area contributed by atoms with E-state index in [1.807, 2.05) is 0 Å². The first-order valence-corrected chi connectivity index (χ1v) is 3.81. The van der Waals surface area contributed by atoms with E-state index in [4.69, 9.17) is 5.73 Å². The summed E-state index contributed by atoms with van der Waals surface area (Å²) in [6, 6.07) is 4.68. The lowest BCUT2D eigenvalue weighted by Gasteiger charge is -2.05. The minimum absolute atomic E-state index is 0.139. The second-order valence-corrected chi connectivity index (χ2v) is 2.64. The predicted octanol–water partition coefficient (Wildman–Crippen LogP) is 1.59. The van der Waals surface area contributed by atoms with Gasteiger partial charge in [0.1, 0.15) is 5.82 Å². The highest BCUT2D eigenvalue weighted by molar-refractivity contribution is 5.58. The third kappa shape index (κ3) is 1.26. The molecule has 0 saturated heterocycles. The van der Waals surface area contributed by atoms with E-state index in [1.165, 1.54) is 6.07 Å². The van der Waals surface area contributed by atoms with Gasteiger partial charge in [-0.1, -0.05) is 6.07 Å². The number of hydrogen-bond acceptors (Lipinski definition) is 2. The molecule has 0 amide bonds. The van der Waals surface area contributed by atoms with Crippen LogP contribution in [0.4, 0.5) is 10.1 Å². The summed E-state index contributed by atoms with van der Waals surface area (Å²) in [5.74, 6) is -0.411. The van der Waals surface area contributed by atoms with Crippen LogP contribution < -0.4 is 5.73 Å². The van der Waals surface area contributed by atoms with Gasteiger partial charge in [0.2, 0.25) is 0 Å². The van der Waals surface area contributed by atoms with Gasteiger partial charge in [-0.3, -0.25) is 0 Å². The molecule has 0 fully saturated rings. The molecule has 66 valence electrons. The van der Waals surface area contributed by atoms with Crippen molar-refractivity contribution < 1.29 is 4.39 Å². The zero-order valence-electron chi connectivity index (χ0n) is 6.81. The van der Waals surface area contributed by atoms with Gasteiger partial charge in [-0.2, -0.15) is 0 Å². The number of anilines is 1. The first kappa shape index (κ1) is 7.79. The molecule has 0 spiro atoms. The molecule has 1 aromatic carbocycles. The first-order chi connectivity index (χ1) is 6.29. The number of benzene rings is 1. The molecule has 1 heterocycles. The molecule has 3 nitrogen and oxygen atoms in total. The molecule has 2 N–H and O–H groups in total. The van der Waals surface area contributed by atoms with Crippen molar-refractivity contribution in [2.24, 2.45) is 0 Å². The van der Waals surface area contributed by atoms with Crippen molar-refractivity contribution in [3.63, 3.8) is 0 Å². The molecular weight excluding hydrogens is 169 g/mol. The Kier molecular flexibility index (Phi) is 1.73. The van der Waals surface area contributed by atoms with Gasteiger partial charge in [-0.25, -0.2) is 9.37 Å². The van der Waals surface area contributed by atoms with Crippen molar-refractivity contribution >= 4 is 5.69 Å². The number of rotatable bonds is 1. The number of para-hydroxylation sites is 1. The Hall–Kier alpha value is -1.84. The van der Waals surface area contributed by atoms with Crippen molar-refractivity contribution in [1.29, 1.82) is 0 Å². The van der Waals surface area contributed by atoms with Gasteiger partial charge in [-0.05, 0) is 12.1 Å². The summed E-state index contributed by atoms with van der Waals surface area (Å²) >= 11 is 0. The van der Waals surface area contributed by atoms with Crippen LogP contribution in [-0.4, -0.2) is 9.55 Å². The van der Waals surface area contributed by atoms with Crippen LogP contribution in [0.5, 0.6) is 0 Å². The first-order valence-electron chi connectivity index (χ1n) is 3.81. The van der Waals surface area contributed by atoms with Crippen LogP contribution in [0.2, 0.25) is 0 Å². The van der Waals surface area contributed by atoms with Gasteiger partial charge in [0, 0.05) is 12.4 Å². The van der Waals surface area contributed by atoms with E-state index in [0.717, 1.165) is 0 Å². The van der Waals surface area contributed by atoms with Crippen LogP contribution in [0, 0.1) is 5.82 Å². The summed E-state index contributed by atoms with van der Waals surface area (Å²) in [5.41, 5.74) is 6.30. The van der Waals surface area contributed by atoms with Crippen molar-refractivity contribution in [3.8, 4) is 5.69 Å². The van der Waals surface area contributed by atoms with E-state index in [-0.39, 0.29) is 5.69 Å². The number of hydrogen-bond donors (Lipinski definition) is 1. The molecule has 0 aliphatic heterocycles. The van der Waals surface area contributed by atoms with E-state index in [9.17, 15) is 4.39 Å². The van der Waals surface area contributed by atoms with Crippen molar-refractivity contribution in [2.75, 3.05) is 5.73 Å². The summed E-state index contributed by atoms with van der Waals surface area (Å²) in [5, 5.41) is 0. The zero-order valence-corrected chi connectivity index (χ0v) is 6.81. The summed E-state index contributed by atoms with van der Waals surface area (Å²) in [6.07, 6.45) is 4.90. The molecule has 0 saturated carbocycles. The van der Waals surface area contributed by atoms with E-state index >= 15 is 0 Å². The average molecular weight is 177 g/mol. The molecule has 0 aliphatic carbocycles. The fourth-order valence-corrected chi connectivity index (χ4v) is 1.15. The van der Waals surface area contributed by atoms with Crippen LogP contribution in [-0.2, 0) is 0 Å². The highest BCUT2D eigenvalue weighted by atomic mass is 19.1. The summed E-state index contributed by atoms with van der Waals surface area (Å²) in [7, 11) is 0. The van der Waals surface area contributed by atoms with Crippen molar-refractivity contribution in [1.82, 2.24) is 9.55 Å². The fourth-order valence-electron chi connectivity index (χ4n) is 1.15. The van der Waals surface area contributed by atoms with Crippen molar-refractivity contribution in [3.05, 3.63) is 42.7 Å². The number of nitrogen functional groups attached to an aromatic ring is 1. The third-order valence-electron chi connectivity index (χ3n) is 1.81. The summed E-state index contributed by atoms with van der Waals surface area (Å²) in [6.45, 7) is 0. The highest BCUT2D eigenvalue weighted by Gasteiger charge is 2.04. The minimum atomic E-state index is -0.411. The molecular formula is C9H8FN3. The number of nitrogens with two attached hydrogens (primary N) is 1. The number of imidazole rings is 1. The standard InChI is InChI=1S/C9H8FN3/c10-7-2-1-3-8(9(7)11)13-5-4-12-6-13/h1-6H,11H2. The lowest BCUT2D eigenvalue weighted by Crippen LogP contribution is -1.99. The lowest BCUT2D eigenvalue weighted by atomic mass is 10.2. The van der Waals surface area contributed by atoms with Gasteiger partial charge < -0.3 is 10.3 Å². The highest BCUT2D eigenvalue weighted by Crippen LogP contribution is 2.19. The maximum absolute atomic E-state index is 13.0. The number of halogens is 1. The Morgan fingerprint density at radius 1 is 1.38 bits per heavy atom. The predicted molar refractivity (Wildman–Crippen MR) is 47.9 cm³/mol. The van der Waals surface area contributed by atoms with Crippen molar-refractivity contribution in [2.45, 2.75) is 0 Å². The molecule has 0 atom stereocenters. The molecule has 4 heteroatoms. The van der Waals surface area contributed by atoms with Crippen LogP contribution >= 0.6 is 0 Å². The molecule has 2 rings (SSSR count). The monoisotopic (exact) mass is 177 g/mol. The molecule has 2 aromatic rings. The van der Waals surface area contributed by atoms with Gasteiger partial charge in [-0.15, -0.1) is 0 Å². The molecule has 0 bridgehead atoms. The average Bonchev–Trinajstić information content (AvgIpc) is 2.62. The van der Waals surface area contributed by atoms with Crippen LogP contribution in [0.1, 0.15) is 0 Å². The number of aromatic nitrogens is 2. The summed E-state index contributed by atoms with van der Waals surface area (Å²) < 4.78 is 14.7. The molecule has 1 aromatic heterocycles. The molecule has 13 heavy (non-hydrogen) atoms. The maximum Gasteiger partial charge on any atom is 0.148 e. The van der Waals surface area contributed by atoms with Gasteiger partial charge in [0.25, 0.3) is 0 Å². The molecule has 0 aliphatic rings. The van der Waals surface area contributed by atoms with E-state index in [0.29, 0.717) is 5.69 Å². The number of nitrogens with zero attached hydrogens (tertiary/aromatic N) is 2. The van der Waals surface area contributed by atoms with E-state index < -0.39 is 5.82 Å². The van der Waals surface area contributed by atoms with Crippen LogP contribution in [0.15, 0.2) is 36.9 Å². The molecule has 0 radical (unpaired) electrons. The van der Waals surface area contributed by atoms with Gasteiger partial charge >= 0.3 is 0 Å². The summed E-state index contributed by atoms with van der Waals surface area (Å²) in [4.78, 5) is 3.85. The van der Waals surface area contributed by atoms with Crippen LogP contribution in [0.3, 0.4) is 0 Å². The van der Waals surface area contributed by atoms with Crippen LogP contribution in [0.25, 0.3) is 5.69 Å². The zero-order chi connectivity index (χ0) is 9.26. The Morgan fingerprint density at radius 3 is 2.92 bits per heavy atom. The van der Waals surface area contributed by atoms with Gasteiger partial charge in [0.15, 0.2) is 0 Å². The Labute approximate surface area is 74.6 Å². The molecule has 0 unspecified atom stereocenters. The second-order valence-electron chi connectivity index (χ2n) is 2.64. The lowest BCUT2D eigenvalue weighted by molar-refractivity contribution is 0.631. The smallest absolute Gasteiger partial charge is 0.148 e. The SMILES string of the molecule is Nc1c(F)cccc1-n1ccnc1. The minimum Gasteiger partial charge on any atom is -0.395 e. The fraction of sp³-hybridized carbons (Fsp3) is 0. The Bertz CT molecular complexity index is 409. The Balaban J connectivity index is 2.59. The topological polar surface area (TPSA) is 43.8 Å². The normalized spacial score (nSPS) is 10.2. The quantitative estimate of drug-likeness (QED) is 0.672. The largest absolute Gasteiger partial charge is 0.395 e. The second kappa shape index (κ2) is 2.90. The maximum atomic E-state index is 13.0.